The van der Waals surface area contributed by atoms with Crippen LogP contribution in [0.2, 0.25) is 0 Å². The number of non-ortho nitro benzene ring substituents is 2. The fourth-order valence-corrected chi connectivity index (χ4v) is 4.17. The van der Waals surface area contributed by atoms with Crippen molar-refractivity contribution >= 4 is 35.2 Å². The van der Waals surface area contributed by atoms with Gasteiger partial charge in [0.15, 0.2) is 0 Å². The minimum Gasteiger partial charge on any atom is -0.258 e. The Labute approximate surface area is 233 Å². The van der Waals surface area contributed by atoms with Crippen LogP contribution in [0.1, 0.15) is 47.9 Å². The molecule has 0 N–H and O–H groups in total. The second kappa shape index (κ2) is 14.2. The highest BCUT2D eigenvalue weighted by atomic mass is 16.6. The average molecular weight is 535 g/mol. The number of rotatable bonds is 13. The molecule has 0 aromatic heterocycles. The first kappa shape index (κ1) is 28.0. The van der Waals surface area contributed by atoms with Gasteiger partial charge in [0.1, 0.15) is 0 Å². The van der Waals surface area contributed by atoms with Gasteiger partial charge in [0, 0.05) is 36.7 Å². The van der Waals surface area contributed by atoms with E-state index in [0.717, 1.165) is 48.2 Å². The SMILES string of the molecule is O=[N+]([O-])c1ccc(C=Nc2ccc(CCCCCCc3ccc(N=Cc4ccc([N+](=O)[O-])cc4)cc3)cc2)cc1. The monoisotopic (exact) mass is 534 g/mol. The topological polar surface area (TPSA) is 111 Å². The molecule has 8 nitrogen and oxygen atoms in total. The molecule has 4 aromatic rings. The lowest BCUT2D eigenvalue weighted by molar-refractivity contribution is -0.385. The summed E-state index contributed by atoms with van der Waals surface area (Å²) < 4.78 is 0. The third kappa shape index (κ3) is 8.80. The molecular formula is C32H30N4O4. The molecule has 0 radical (unpaired) electrons. The van der Waals surface area contributed by atoms with E-state index in [9.17, 15) is 20.2 Å². The van der Waals surface area contributed by atoms with Crippen molar-refractivity contribution in [2.75, 3.05) is 0 Å². The summed E-state index contributed by atoms with van der Waals surface area (Å²) in [6, 6.07) is 29.1. The molecule has 40 heavy (non-hydrogen) atoms. The summed E-state index contributed by atoms with van der Waals surface area (Å²) in [6.45, 7) is 0. The molecule has 0 saturated heterocycles. The maximum Gasteiger partial charge on any atom is 0.269 e. The first-order chi connectivity index (χ1) is 19.5. The third-order valence-electron chi connectivity index (χ3n) is 6.49. The van der Waals surface area contributed by atoms with E-state index in [1.807, 2.05) is 24.3 Å². The van der Waals surface area contributed by atoms with Crippen LogP contribution in [0.3, 0.4) is 0 Å². The molecule has 4 rings (SSSR count). The van der Waals surface area contributed by atoms with Gasteiger partial charge >= 0.3 is 0 Å². The van der Waals surface area contributed by atoms with E-state index < -0.39 is 9.85 Å². The van der Waals surface area contributed by atoms with Gasteiger partial charge in [-0.1, -0.05) is 37.1 Å². The van der Waals surface area contributed by atoms with Crippen molar-refractivity contribution in [1.29, 1.82) is 0 Å². The zero-order chi connectivity index (χ0) is 28.2. The number of benzene rings is 4. The van der Waals surface area contributed by atoms with Crippen molar-refractivity contribution in [3.8, 4) is 0 Å². The molecule has 202 valence electrons. The van der Waals surface area contributed by atoms with Gasteiger partial charge in [-0.15, -0.1) is 0 Å². The normalized spacial score (nSPS) is 11.3. The zero-order valence-electron chi connectivity index (χ0n) is 22.1. The van der Waals surface area contributed by atoms with Crippen LogP contribution < -0.4 is 0 Å². The second-order valence-corrected chi connectivity index (χ2v) is 9.46. The van der Waals surface area contributed by atoms with Crippen molar-refractivity contribution in [3.63, 3.8) is 0 Å². The highest BCUT2D eigenvalue weighted by Gasteiger charge is 2.04. The van der Waals surface area contributed by atoms with Crippen LogP contribution >= 0.6 is 0 Å². The quantitative estimate of drug-likeness (QED) is 0.0742. The summed E-state index contributed by atoms with van der Waals surface area (Å²) in [5, 5.41) is 21.5. The van der Waals surface area contributed by atoms with Crippen LogP contribution in [-0.4, -0.2) is 22.3 Å². The molecular weight excluding hydrogens is 504 g/mol. The van der Waals surface area contributed by atoms with Crippen LogP contribution in [0.5, 0.6) is 0 Å². The lowest BCUT2D eigenvalue weighted by atomic mass is 10.0. The molecule has 8 heteroatoms. The van der Waals surface area contributed by atoms with Crippen molar-refractivity contribution in [3.05, 3.63) is 140 Å². The lowest BCUT2D eigenvalue weighted by Gasteiger charge is -2.04. The second-order valence-electron chi connectivity index (χ2n) is 9.46. The first-order valence-corrected chi connectivity index (χ1v) is 13.2. The molecule has 0 spiro atoms. The Bertz CT molecular complexity index is 1350. The Morgan fingerprint density at radius 1 is 0.500 bits per heavy atom. The standard InChI is InChI=1S/C32H30N4O4/c37-35(38)31-19-11-27(12-20-31)23-33-29-15-7-25(8-16-29)5-3-1-2-4-6-26-9-17-30(18-10-26)34-24-28-13-21-32(22-14-28)36(39)40/h7-24H,1-6H2. The first-order valence-electron chi connectivity index (χ1n) is 13.2. The summed E-state index contributed by atoms with van der Waals surface area (Å²) in [5.41, 5.74) is 6.06. The Kier molecular flexibility index (Phi) is 9.99. The number of nitro groups is 2. The van der Waals surface area contributed by atoms with E-state index in [1.165, 1.54) is 48.2 Å². The van der Waals surface area contributed by atoms with Gasteiger partial charge in [0.05, 0.1) is 21.2 Å². The highest BCUT2D eigenvalue weighted by Crippen LogP contribution is 2.19. The Hall–Kier alpha value is -4.98. The molecule has 0 aliphatic carbocycles. The van der Waals surface area contributed by atoms with Crippen LogP contribution in [0.25, 0.3) is 0 Å². The van der Waals surface area contributed by atoms with Gasteiger partial charge in [-0.05, 0) is 96.5 Å². The number of nitro benzene ring substituents is 2. The predicted octanol–water partition coefficient (Wildman–Crippen LogP) is 8.35. The fourth-order valence-electron chi connectivity index (χ4n) is 4.17. The van der Waals surface area contributed by atoms with Gasteiger partial charge in [-0.3, -0.25) is 30.2 Å². The molecule has 0 heterocycles. The molecule has 0 aliphatic rings. The molecule has 0 aliphatic heterocycles. The molecule has 4 aromatic carbocycles. The predicted molar refractivity (Wildman–Crippen MR) is 159 cm³/mol. The summed E-state index contributed by atoms with van der Waals surface area (Å²) in [6.07, 6.45) is 10.1. The van der Waals surface area contributed by atoms with E-state index in [0.29, 0.717) is 0 Å². The van der Waals surface area contributed by atoms with Crippen LogP contribution in [0.15, 0.2) is 107 Å². The lowest BCUT2D eigenvalue weighted by Crippen LogP contribution is -1.89. The molecule has 0 unspecified atom stereocenters. The molecule has 0 bridgehead atoms. The largest absolute Gasteiger partial charge is 0.269 e. The zero-order valence-corrected chi connectivity index (χ0v) is 22.1. The van der Waals surface area contributed by atoms with Crippen LogP contribution in [-0.2, 0) is 12.8 Å². The molecule has 0 saturated carbocycles. The molecule has 0 fully saturated rings. The highest BCUT2D eigenvalue weighted by molar-refractivity contribution is 5.82. The van der Waals surface area contributed by atoms with E-state index in [-0.39, 0.29) is 11.4 Å². The minimum atomic E-state index is -0.412. The summed E-state index contributed by atoms with van der Waals surface area (Å²) in [7, 11) is 0. The maximum absolute atomic E-state index is 10.7. The molecule has 0 atom stereocenters. The number of hydrogen-bond acceptors (Lipinski definition) is 6. The van der Waals surface area contributed by atoms with Crippen molar-refractivity contribution in [2.24, 2.45) is 9.98 Å². The van der Waals surface area contributed by atoms with E-state index in [4.69, 9.17) is 0 Å². The number of aryl methyl sites for hydroxylation is 2. The van der Waals surface area contributed by atoms with Gasteiger partial charge in [0.2, 0.25) is 0 Å². The summed E-state index contributed by atoms with van der Waals surface area (Å²) in [4.78, 5) is 29.6. The van der Waals surface area contributed by atoms with Crippen molar-refractivity contribution in [1.82, 2.24) is 0 Å². The van der Waals surface area contributed by atoms with Crippen molar-refractivity contribution < 1.29 is 9.85 Å². The number of unbranched alkanes of at least 4 members (excludes halogenated alkanes) is 3. The van der Waals surface area contributed by atoms with Crippen LogP contribution in [0.4, 0.5) is 22.7 Å². The summed E-state index contributed by atoms with van der Waals surface area (Å²) in [5.74, 6) is 0. The van der Waals surface area contributed by atoms with Crippen LogP contribution in [0, 0.1) is 20.2 Å². The van der Waals surface area contributed by atoms with Gasteiger partial charge in [0.25, 0.3) is 11.4 Å². The number of aliphatic imine (C=N–C) groups is 2. The van der Waals surface area contributed by atoms with Gasteiger partial charge < -0.3 is 0 Å². The van der Waals surface area contributed by atoms with E-state index in [2.05, 4.69) is 34.3 Å². The smallest absolute Gasteiger partial charge is 0.258 e. The fraction of sp³-hybridized carbons (Fsp3) is 0.188. The van der Waals surface area contributed by atoms with E-state index >= 15 is 0 Å². The Morgan fingerprint density at radius 2 is 0.850 bits per heavy atom. The Balaban J connectivity index is 1.12. The summed E-state index contributed by atoms with van der Waals surface area (Å²) >= 11 is 0. The minimum absolute atomic E-state index is 0.0702. The Morgan fingerprint density at radius 3 is 1.18 bits per heavy atom. The van der Waals surface area contributed by atoms with Gasteiger partial charge in [-0.2, -0.15) is 0 Å². The van der Waals surface area contributed by atoms with E-state index in [1.54, 1.807) is 36.7 Å². The van der Waals surface area contributed by atoms with Gasteiger partial charge in [-0.25, -0.2) is 0 Å². The maximum atomic E-state index is 10.7. The molecule has 0 amide bonds. The average Bonchev–Trinajstić information content (AvgIpc) is 2.98. The third-order valence-corrected chi connectivity index (χ3v) is 6.49. The van der Waals surface area contributed by atoms with Crippen molar-refractivity contribution in [2.45, 2.75) is 38.5 Å². The number of hydrogen-bond donors (Lipinski definition) is 0. The number of nitrogens with zero attached hydrogens (tertiary/aromatic N) is 4.